The standard InChI is InChI=1S/C38H53N7O9/c1-44(2)22-9-7-15-28-35(49)42-29(16-6-8-20-39-33(47)27-14-10-21-40-36(27)53-3)37(50)45-23-11-12-25(45)24-54-31-17-5-4-13-26(31)34(48)43-30(38(51)52)18-19-32(46)41-28/h4-5,10,13-14,17,21,25,28-30H,6-9,11-12,15-16,18-20,22-24H2,1-3H3,(H,39,47)(H,41,46)(H,42,49)(H,43,48)(H,51,52)/t25-,28-,29-,30-/m0/s1. The highest BCUT2D eigenvalue weighted by Crippen LogP contribution is 2.24. The molecule has 0 spiro atoms. The molecule has 0 aliphatic carbocycles. The second kappa shape index (κ2) is 20.8. The van der Waals surface area contributed by atoms with Crippen molar-refractivity contribution < 1.29 is 43.3 Å². The molecule has 0 radical (unpaired) electrons. The second-order valence-corrected chi connectivity index (χ2v) is 13.8. The number of carboxylic acids is 1. The SMILES string of the molecule is COc1ncccc1C(=O)NCCCC[C@@H]1NC(=O)[C@H](CCCCN(C)C)NC(=O)CC[C@@H](C(=O)O)NC(=O)c2ccccc2OC[C@@H]2CCCN2C1=O. The highest BCUT2D eigenvalue weighted by atomic mass is 16.5. The van der Waals surface area contributed by atoms with Crippen LogP contribution >= 0.6 is 0 Å². The number of nitrogens with one attached hydrogen (secondary N) is 4. The van der Waals surface area contributed by atoms with Gasteiger partial charge in [-0.1, -0.05) is 12.1 Å². The Morgan fingerprint density at radius 3 is 2.50 bits per heavy atom. The van der Waals surface area contributed by atoms with Crippen molar-refractivity contribution in [3.05, 3.63) is 53.7 Å². The first-order valence-corrected chi connectivity index (χ1v) is 18.6. The third kappa shape index (κ3) is 12.1. The molecular formula is C38H53N7O9. The van der Waals surface area contributed by atoms with E-state index in [1.807, 2.05) is 19.0 Å². The van der Waals surface area contributed by atoms with Gasteiger partial charge in [0.2, 0.25) is 23.6 Å². The number of ether oxygens (including phenoxy) is 2. The number of nitrogens with zero attached hydrogens (tertiary/aromatic N) is 3. The van der Waals surface area contributed by atoms with E-state index >= 15 is 0 Å². The minimum absolute atomic E-state index is 0.0768. The van der Waals surface area contributed by atoms with Crippen LogP contribution in [0.25, 0.3) is 0 Å². The van der Waals surface area contributed by atoms with E-state index in [1.54, 1.807) is 35.2 Å². The molecular weight excluding hydrogens is 698 g/mol. The van der Waals surface area contributed by atoms with Crippen LogP contribution < -0.4 is 30.7 Å². The van der Waals surface area contributed by atoms with Gasteiger partial charge in [0.1, 0.15) is 36.0 Å². The highest BCUT2D eigenvalue weighted by molar-refractivity contribution is 5.99. The van der Waals surface area contributed by atoms with Gasteiger partial charge < -0.3 is 45.6 Å². The molecule has 0 unspecified atom stereocenters. The molecule has 2 aromatic rings. The number of methoxy groups -OCH3 is 1. The fraction of sp³-hybridized carbons (Fsp3) is 0.553. The number of hydrogen-bond acceptors (Lipinski definition) is 10. The molecule has 1 aromatic carbocycles. The van der Waals surface area contributed by atoms with Crippen molar-refractivity contribution in [2.24, 2.45) is 0 Å². The molecule has 2 aliphatic rings. The van der Waals surface area contributed by atoms with Crippen molar-refractivity contribution in [1.29, 1.82) is 0 Å². The summed E-state index contributed by atoms with van der Waals surface area (Å²) in [5.74, 6) is -3.25. The number of unbranched alkanes of at least 4 members (excludes halogenated alkanes) is 2. The van der Waals surface area contributed by atoms with Crippen molar-refractivity contribution >= 4 is 35.5 Å². The zero-order valence-corrected chi connectivity index (χ0v) is 31.3. The third-order valence-corrected chi connectivity index (χ3v) is 9.52. The summed E-state index contributed by atoms with van der Waals surface area (Å²) in [6, 6.07) is 6.06. The first-order valence-electron chi connectivity index (χ1n) is 18.6. The molecule has 4 atom stereocenters. The Kier molecular flexibility index (Phi) is 16.0. The van der Waals surface area contributed by atoms with E-state index < -0.39 is 41.8 Å². The predicted molar refractivity (Wildman–Crippen MR) is 198 cm³/mol. The van der Waals surface area contributed by atoms with Gasteiger partial charge in [0.15, 0.2) is 0 Å². The monoisotopic (exact) mass is 751 g/mol. The number of hydrogen-bond donors (Lipinski definition) is 5. The second-order valence-electron chi connectivity index (χ2n) is 13.8. The Bertz CT molecular complexity index is 1620. The minimum Gasteiger partial charge on any atom is -0.491 e. The van der Waals surface area contributed by atoms with Gasteiger partial charge in [-0.2, -0.15) is 0 Å². The molecule has 16 heteroatoms. The lowest BCUT2D eigenvalue weighted by molar-refractivity contribution is -0.139. The molecule has 4 rings (SSSR count). The van der Waals surface area contributed by atoms with E-state index in [9.17, 15) is 33.9 Å². The zero-order chi connectivity index (χ0) is 39.0. The number of carbonyl (C=O) groups is 6. The molecule has 2 aliphatic heterocycles. The lowest BCUT2D eigenvalue weighted by atomic mass is 10.0. The van der Waals surface area contributed by atoms with Gasteiger partial charge in [0.05, 0.1) is 18.7 Å². The van der Waals surface area contributed by atoms with Crippen molar-refractivity contribution in [3.8, 4) is 11.6 Å². The third-order valence-electron chi connectivity index (χ3n) is 9.52. The van der Waals surface area contributed by atoms with Crippen LogP contribution in [0.15, 0.2) is 42.6 Å². The van der Waals surface area contributed by atoms with E-state index in [4.69, 9.17) is 9.47 Å². The normalized spacial score (nSPS) is 21.4. The van der Waals surface area contributed by atoms with Gasteiger partial charge in [0, 0.05) is 25.7 Å². The average Bonchev–Trinajstić information content (AvgIpc) is 3.63. The predicted octanol–water partition coefficient (Wildman–Crippen LogP) is 1.74. The maximum atomic E-state index is 14.2. The molecule has 1 fully saturated rings. The van der Waals surface area contributed by atoms with Crippen LogP contribution in [0.5, 0.6) is 11.6 Å². The first kappa shape index (κ1) is 41.5. The number of carboxylic acid groups (broad SMARTS) is 1. The lowest BCUT2D eigenvalue weighted by Gasteiger charge is -2.31. The fourth-order valence-electron chi connectivity index (χ4n) is 6.57. The van der Waals surface area contributed by atoms with Crippen LogP contribution in [0.4, 0.5) is 0 Å². The van der Waals surface area contributed by atoms with E-state index in [0.717, 1.165) is 13.0 Å². The summed E-state index contributed by atoms with van der Waals surface area (Å²) in [5, 5.41) is 20.9. The van der Waals surface area contributed by atoms with Crippen molar-refractivity contribution in [3.63, 3.8) is 0 Å². The molecule has 1 aromatic heterocycles. The van der Waals surface area contributed by atoms with E-state index in [0.29, 0.717) is 57.2 Å². The Morgan fingerprint density at radius 1 is 0.981 bits per heavy atom. The summed E-state index contributed by atoms with van der Waals surface area (Å²) in [5.41, 5.74) is 0.427. The molecule has 3 heterocycles. The number of rotatable bonds is 13. The molecule has 294 valence electrons. The Balaban J connectivity index is 1.55. The number of pyridine rings is 1. The van der Waals surface area contributed by atoms with Crippen LogP contribution in [0, 0.1) is 0 Å². The van der Waals surface area contributed by atoms with E-state index in [1.165, 1.54) is 19.4 Å². The van der Waals surface area contributed by atoms with Crippen LogP contribution in [-0.4, -0.2) is 127 Å². The first-order chi connectivity index (χ1) is 26.0. The van der Waals surface area contributed by atoms with Gasteiger partial charge in [-0.3, -0.25) is 24.0 Å². The van der Waals surface area contributed by atoms with Crippen molar-refractivity contribution in [1.82, 2.24) is 36.1 Å². The number of aromatic nitrogens is 1. The largest absolute Gasteiger partial charge is 0.491 e. The number of carbonyl (C=O) groups excluding carboxylic acids is 5. The van der Waals surface area contributed by atoms with Crippen molar-refractivity contribution in [2.75, 3.05) is 47.4 Å². The molecule has 0 saturated carbocycles. The molecule has 5 amide bonds. The average molecular weight is 752 g/mol. The molecule has 0 bridgehead atoms. The number of aliphatic carboxylic acids is 1. The van der Waals surface area contributed by atoms with Crippen molar-refractivity contribution in [2.45, 2.75) is 88.4 Å². The number of para-hydroxylation sites is 1. The summed E-state index contributed by atoms with van der Waals surface area (Å²) in [7, 11) is 5.32. The Labute approximate surface area is 315 Å². The summed E-state index contributed by atoms with van der Waals surface area (Å²) >= 11 is 0. The lowest BCUT2D eigenvalue weighted by Crippen LogP contribution is -2.55. The van der Waals surface area contributed by atoms with Crippen LogP contribution in [0.3, 0.4) is 0 Å². The fourth-order valence-corrected chi connectivity index (χ4v) is 6.57. The van der Waals surface area contributed by atoms with E-state index in [-0.39, 0.29) is 60.9 Å². The van der Waals surface area contributed by atoms with Gasteiger partial charge in [-0.25, -0.2) is 9.78 Å². The number of fused-ring (bicyclic) bond motifs is 2. The molecule has 5 N–H and O–H groups in total. The molecule has 1 saturated heterocycles. The van der Waals surface area contributed by atoms with Gasteiger partial charge in [0.25, 0.3) is 11.8 Å². The number of benzene rings is 1. The van der Waals surface area contributed by atoms with Gasteiger partial charge in [-0.05, 0) is 103 Å². The maximum absolute atomic E-state index is 14.2. The highest BCUT2D eigenvalue weighted by Gasteiger charge is 2.36. The molecule has 54 heavy (non-hydrogen) atoms. The minimum atomic E-state index is -1.37. The van der Waals surface area contributed by atoms with Crippen LogP contribution in [-0.2, 0) is 19.2 Å². The Morgan fingerprint density at radius 2 is 1.74 bits per heavy atom. The summed E-state index contributed by atoms with van der Waals surface area (Å²) in [4.78, 5) is 87.3. The maximum Gasteiger partial charge on any atom is 0.326 e. The Hall–Kier alpha value is -5.25. The molecule has 16 nitrogen and oxygen atoms in total. The van der Waals surface area contributed by atoms with Gasteiger partial charge in [-0.15, -0.1) is 0 Å². The van der Waals surface area contributed by atoms with Gasteiger partial charge >= 0.3 is 5.97 Å². The van der Waals surface area contributed by atoms with E-state index in [2.05, 4.69) is 26.3 Å². The smallest absolute Gasteiger partial charge is 0.326 e. The quantitative estimate of drug-likeness (QED) is 0.186. The summed E-state index contributed by atoms with van der Waals surface area (Å²) in [6.45, 7) is 1.60. The zero-order valence-electron chi connectivity index (χ0n) is 31.3. The summed E-state index contributed by atoms with van der Waals surface area (Å²) < 4.78 is 11.3. The number of amides is 5. The summed E-state index contributed by atoms with van der Waals surface area (Å²) in [6.07, 6.45) is 5.31. The topological polar surface area (TPSA) is 209 Å². The van der Waals surface area contributed by atoms with Crippen LogP contribution in [0.1, 0.15) is 84.9 Å². The van der Waals surface area contributed by atoms with Crippen LogP contribution in [0.2, 0.25) is 0 Å².